The number of hydrogen-bond donors (Lipinski definition) is 0. The number of halogens is 2. The van der Waals surface area contributed by atoms with Gasteiger partial charge >= 0.3 is 0 Å². The fourth-order valence-corrected chi connectivity index (χ4v) is 1.09. The van der Waals surface area contributed by atoms with E-state index in [1.807, 2.05) is 6.07 Å². The lowest BCUT2D eigenvalue weighted by molar-refractivity contribution is 1.12. The van der Waals surface area contributed by atoms with Gasteiger partial charge in [-0.2, -0.15) is 5.26 Å². The lowest BCUT2D eigenvalue weighted by Gasteiger charge is -1.96. The molecule has 0 aromatic carbocycles. The summed E-state index contributed by atoms with van der Waals surface area (Å²) in [4.78, 5) is 3.88. The van der Waals surface area contributed by atoms with E-state index in [-0.39, 0.29) is 6.42 Å². The van der Waals surface area contributed by atoms with Crippen molar-refractivity contribution in [1.82, 2.24) is 4.98 Å². The van der Waals surface area contributed by atoms with Crippen LogP contribution in [-0.2, 0) is 6.42 Å². The first-order chi connectivity index (χ1) is 5.24. The molecule has 0 aliphatic heterocycles. The van der Waals surface area contributed by atoms with Crippen LogP contribution in [0.15, 0.2) is 12.3 Å². The number of hydrogen-bond acceptors (Lipinski definition) is 2. The highest BCUT2D eigenvalue weighted by Gasteiger charge is 2.00. The van der Waals surface area contributed by atoms with Gasteiger partial charge in [0.1, 0.15) is 0 Å². The maximum Gasteiger partial charge on any atom is 0.0789 e. The Hall–Kier alpha value is -0.780. The Balaban J connectivity index is 3.01. The fraction of sp³-hybridized carbons (Fsp3) is 0.143. The van der Waals surface area contributed by atoms with Crippen molar-refractivity contribution < 1.29 is 0 Å². The molecule has 4 heteroatoms. The third-order valence-corrected chi connectivity index (χ3v) is 1.66. The highest BCUT2D eigenvalue weighted by molar-refractivity contribution is 6.34. The van der Waals surface area contributed by atoms with E-state index in [0.29, 0.717) is 15.7 Å². The van der Waals surface area contributed by atoms with Crippen LogP contribution in [-0.4, -0.2) is 4.98 Å². The lowest BCUT2D eigenvalue weighted by atomic mass is 10.3. The van der Waals surface area contributed by atoms with E-state index in [9.17, 15) is 0 Å². The van der Waals surface area contributed by atoms with Crippen molar-refractivity contribution in [3.05, 3.63) is 28.0 Å². The van der Waals surface area contributed by atoms with Gasteiger partial charge < -0.3 is 0 Å². The zero-order chi connectivity index (χ0) is 8.27. The Labute approximate surface area is 74.4 Å². The van der Waals surface area contributed by atoms with Gasteiger partial charge in [0, 0.05) is 6.20 Å². The normalized spacial score (nSPS) is 9.18. The van der Waals surface area contributed by atoms with Gasteiger partial charge in [-0.3, -0.25) is 4.98 Å². The van der Waals surface area contributed by atoms with E-state index in [0.717, 1.165) is 0 Å². The molecule has 56 valence electrons. The van der Waals surface area contributed by atoms with Gasteiger partial charge in [0.2, 0.25) is 0 Å². The van der Waals surface area contributed by atoms with Crippen molar-refractivity contribution in [2.45, 2.75) is 6.42 Å². The molecule has 1 aromatic rings. The summed E-state index contributed by atoms with van der Waals surface area (Å²) in [6, 6.07) is 3.53. The van der Waals surface area contributed by atoms with Crippen LogP contribution in [0.5, 0.6) is 0 Å². The van der Waals surface area contributed by atoms with Crippen LogP contribution in [0.25, 0.3) is 0 Å². The molecule has 0 fully saturated rings. The van der Waals surface area contributed by atoms with Crippen LogP contribution < -0.4 is 0 Å². The molecule has 0 N–H and O–H groups in total. The Kier molecular flexibility index (Phi) is 2.70. The summed E-state index contributed by atoms with van der Waals surface area (Å²) in [5.74, 6) is 0. The molecule has 1 heterocycles. The third kappa shape index (κ3) is 2.07. The summed E-state index contributed by atoms with van der Waals surface area (Å²) in [6.45, 7) is 0. The summed E-state index contributed by atoms with van der Waals surface area (Å²) >= 11 is 11.3. The Morgan fingerprint density at radius 3 is 2.82 bits per heavy atom. The predicted octanol–water partition coefficient (Wildman–Crippen LogP) is 2.45. The average Bonchev–Trinajstić information content (AvgIpc) is 1.95. The summed E-state index contributed by atoms with van der Waals surface area (Å²) in [5, 5.41) is 9.26. The zero-order valence-corrected chi connectivity index (χ0v) is 7.02. The van der Waals surface area contributed by atoms with Gasteiger partial charge in [0.25, 0.3) is 0 Å². The second-order valence-corrected chi connectivity index (χ2v) is 2.76. The van der Waals surface area contributed by atoms with Gasteiger partial charge in [-0.15, -0.1) is 0 Å². The topological polar surface area (TPSA) is 36.7 Å². The van der Waals surface area contributed by atoms with Gasteiger partial charge in [0.15, 0.2) is 0 Å². The molecule has 0 amide bonds. The Morgan fingerprint density at radius 2 is 2.27 bits per heavy atom. The van der Waals surface area contributed by atoms with Gasteiger partial charge in [-0.05, 0) is 6.07 Å². The smallest absolute Gasteiger partial charge is 0.0789 e. The van der Waals surface area contributed by atoms with E-state index in [4.69, 9.17) is 28.5 Å². The Bertz CT molecular complexity index is 304. The minimum Gasteiger partial charge on any atom is -0.257 e. The number of aromatic nitrogens is 1. The number of nitriles is 1. The third-order valence-electron chi connectivity index (χ3n) is 1.13. The molecule has 11 heavy (non-hydrogen) atoms. The van der Waals surface area contributed by atoms with Crippen molar-refractivity contribution in [2.75, 3.05) is 0 Å². The summed E-state index contributed by atoms with van der Waals surface area (Å²) < 4.78 is 0. The minimum atomic E-state index is 0.218. The second-order valence-electron chi connectivity index (χ2n) is 1.92. The lowest BCUT2D eigenvalue weighted by Crippen LogP contribution is -1.87. The van der Waals surface area contributed by atoms with E-state index >= 15 is 0 Å². The molecule has 0 aliphatic rings. The molecule has 0 saturated carbocycles. The minimum absolute atomic E-state index is 0.218. The van der Waals surface area contributed by atoms with Crippen molar-refractivity contribution in [3.63, 3.8) is 0 Å². The van der Waals surface area contributed by atoms with Crippen molar-refractivity contribution in [2.24, 2.45) is 0 Å². The van der Waals surface area contributed by atoms with Crippen LogP contribution in [0.1, 0.15) is 5.69 Å². The Morgan fingerprint density at radius 1 is 1.55 bits per heavy atom. The van der Waals surface area contributed by atoms with E-state index in [1.165, 1.54) is 6.20 Å². The molecule has 0 bridgehead atoms. The molecule has 1 rings (SSSR count). The summed E-state index contributed by atoms with van der Waals surface area (Å²) in [5.41, 5.74) is 0.568. The molecule has 0 atom stereocenters. The molecule has 0 radical (unpaired) electrons. The molecule has 0 spiro atoms. The van der Waals surface area contributed by atoms with Crippen LogP contribution in [0.2, 0.25) is 10.0 Å². The molecular formula is C7H4Cl2N2. The SMILES string of the molecule is N#CCc1ncc(Cl)cc1Cl. The maximum absolute atomic E-state index is 8.33. The van der Waals surface area contributed by atoms with Gasteiger partial charge in [-0.25, -0.2) is 0 Å². The quantitative estimate of drug-likeness (QED) is 0.676. The monoisotopic (exact) mass is 186 g/mol. The van der Waals surface area contributed by atoms with Crippen molar-refractivity contribution >= 4 is 23.2 Å². The van der Waals surface area contributed by atoms with Crippen LogP contribution in [0.3, 0.4) is 0 Å². The van der Waals surface area contributed by atoms with E-state index in [2.05, 4.69) is 4.98 Å². The fourth-order valence-electron chi connectivity index (χ4n) is 0.648. The van der Waals surface area contributed by atoms with Crippen molar-refractivity contribution in [3.8, 4) is 6.07 Å². The highest BCUT2D eigenvalue weighted by atomic mass is 35.5. The largest absolute Gasteiger partial charge is 0.257 e. The first kappa shape index (κ1) is 8.32. The number of rotatable bonds is 1. The van der Waals surface area contributed by atoms with Gasteiger partial charge in [0.05, 0.1) is 28.2 Å². The first-order valence-corrected chi connectivity index (χ1v) is 3.66. The molecule has 0 aliphatic carbocycles. The summed E-state index contributed by atoms with van der Waals surface area (Å²) in [6.07, 6.45) is 1.69. The first-order valence-electron chi connectivity index (χ1n) is 2.91. The molecule has 0 saturated heterocycles. The standard InChI is InChI=1S/C7H4Cl2N2/c8-5-3-6(9)7(1-2-10)11-4-5/h3-4H,1H2. The maximum atomic E-state index is 8.33. The molecule has 1 aromatic heterocycles. The second kappa shape index (κ2) is 3.56. The zero-order valence-electron chi connectivity index (χ0n) is 5.51. The van der Waals surface area contributed by atoms with Crippen molar-refractivity contribution in [1.29, 1.82) is 5.26 Å². The predicted molar refractivity (Wildman–Crippen MR) is 43.6 cm³/mol. The number of pyridine rings is 1. The van der Waals surface area contributed by atoms with Crippen LogP contribution in [0.4, 0.5) is 0 Å². The number of nitrogens with zero attached hydrogens (tertiary/aromatic N) is 2. The average molecular weight is 187 g/mol. The van der Waals surface area contributed by atoms with E-state index < -0.39 is 0 Å². The summed E-state index contributed by atoms with van der Waals surface area (Å²) in [7, 11) is 0. The molecule has 0 unspecified atom stereocenters. The highest BCUT2D eigenvalue weighted by Crippen LogP contribution is 2.18. The van der Waals surface area contributed by atoms with Crippen LogP contribution in [0, 0.1) is 11.3 Å². The van der Waals surface area contributed by atoms with Gasteiger partial charge in [-0.1, -0.05) is 23.2 Å². The molecular weight excluding hydrogens is 183 g/mol. The molecule has 2 nitrogen and oxygen atoms in total. The van der Waals surface area contributed by atoms with E-state index in [1.54, 1.807) is 6.07 Å². The van der Waals surface area contributed by atoms with Crippen LogP contribution >= 0.6 is 23.2 Å².